The molecule has 1 atom stereocenters. The zero-order chi connectivity index (χ0) is 23.8. The van der Waals surface area contributed by atoms with Crippen LogP contribution in [0.2, 0.25) is 5.02 Å². The van der Waals surface area contributed by atoms with Crippen molar-refractivity contribution < 1.29 is 0 Å². The molecule has 0 saturated carbocycles. The van der Waals surface area contributed by atoms with Crippen LogP contribution < -0.4 is 16.6 Å². The molecule has 0 aliphatic carbocycles. The van der Waals surface area contributed by atoms with E-state index in [0.29, 0.717) is 33.3 Å². The number of hydrogen-bond acceptors (Lipinski definition) is 8. The molecule has 5 aromatic rings. The Morgan fingerprint density at radius 3 is 2.59 bits per heavy atom. The summed E-state index contributed by atoms with van der Waals surface area (Å²) in [6.07, 6.45) is 3.45. The number of halogens is 1. The van der Waals surface area contributed by atoms with Gasteiger partial charge in [0.25, 0.3) is 5.56 Å². The molecule has 0 aliphatic heterocycles. The van der Waals surface area contributed by atoms with Crippen molar-refractivity contribution >= 4 is 45.6 Å². The second kappa shape index (κ2) is 8.85. The van der Waals surface area contributed by atoms with E-state index in [1.54, 1.807) is 35.2 Å². The van der Waals surface area contributed by atoms with E-state index in [0.717, 1.165) is 15.4 Å². The monoisotopic (exact) mass is 489 g/mol. The van der Waals surface area contributed by atoms with E-state index in [4.69, 9.17) is 22.3 Å². The van der Waals surface area contributed by atoms with Crippen molar-refractivity contribution in [3.05, 3.63) is 87.1 Å². The molecule has 2 aromatic carbocycles. The largest absolute Gasteiger partial charge is 0.368 e. The Bertz CT molecular complexity index is 1570. The van der Waals surface area contributed by atoms with Gasteiger partial charge >= 0.3 is 0 Å². The van der Waals surface area contributed by atoms with E-state index in [1.165, 1.54) is 11.3 Å². The van der Waals surface area contributed by atoms with Gasteiger partial charge in [-0.15, -0.1) is 11.3 Å². The van der Waals surface area contributed by atoms with Gasteiger partial charge in [-0.1, -0.05) is 35.9 Å². The lowest BCUT2D eigenvalue weighted by molar-refractivity contribution is 0.731. The zero-order valence-corrected chi connectivity index (χ0v) is 19.9. The molecule has 3 aromatic heterocycles. The minimum absolute atomic E-state index is 0.137. The smallest absolute Gasteiger partial charge is 0.267 e. The molecule has 0 radical (unpaired) electrons. The molecule has 1 unspecified atom stereocenters. The van der Waals surface area contributed by atoms with Crippen LogP contribution in [0.15, 0.2) is 65.7 Å². The van der Waals surface area contributed by atoms with Crippen LogP contribution in [0.4, 0.5) is 11.8 Å². The van der Waals surface area contributed by atoms with Crippen LogP contribution in [0.3, 0.4) is 0 Å². The summed E-state index contributed by atoms with van der Waals surface area (Å²) < 4.78 is 1.58. The number of para-hydroxylation sites is 1. The van der Waals surface area contributed by atoms with Crippen molar-refractivity contribution in [1.29, 1.82) is 0 Å². The highest BCUT2D eigenvalue weighted by Crippen LogP contribution is 2.33. The van der Waals surface area contributed by atoms with Crippen LogP contribution in [0, 0.1) is 6.92 Å². The fourth-order valence-corrected chi connectivity index (χ4v) is 4.80. The maximum atomic E-state index is 13.6. The average Bonchev–Trinajstić information content (AvgIpc) is 3.25. The summed E-state index contributed by atoms with van der Waals surface area (Å²) in [5.74, 6) is 1.18. The van der Waals surface area contributed by atoms with Gasteiger partial charge in [0, 0.05) is 12.4 Å². The number of nitrogens with two attached hydrogens (primary N) is 1. The van der Waals surface area contributed by atoms with E-state index in [2.05, 4.69) is 20.3 Å². The number of thiazole rings is 1. The minimum Gasteiger partial charge on any atom is -0.368 e. The van der Waals surface area contributed by atoms with Crippen molar-refractivity contribution in [2.45, 2.75) is 19.9 Å². The van der Waals surface area contributed by atoms with E-state index >= 15 is 0 Å². The van der Waals surface area contributed by atoms with Gasteiger partial charge in [0.05, 0.1) is 43.1 Å². The predicted molar refractivity (Wildman–Crippen MR) is 137 cm³/mol. The lowest BCUT2D eigenvalue weighted by Gasteiger charge is -2.21. The summed E-state index contributed by atoms with van der Waals surface area (Å²) in [5.41, 5.74) is 7.63. The van der Waals surface area contributed by atoms with E-state index < -0.39 is 6.04 Å². The number of aryl methyl sites for hydroxylation is 1. The highest BCUT2D eigenvalue weighted by Gasteiger charge is 2.21. The molecule has 8 nitrogen and oxygen atoms in total. The fourth-order valence-electron chi connectivity index (χ4n) is 3.77. The van der Waals surface area contributed by atoms with E-state index in [9.17, 15) is 4.79 Å². The van der Waals surface area contributed by atoms with Crippen LogP contribution in [0.5, 0.6) is 0 Å². The molecular formula is C24H20ClN7OS. The number of fused-ring (bicyclic) bond motifs is 1. The summed E-state index contributed by atoms with van der Waals surface area (Å²) in [6, 6.07) is 14.2. The third-order valence-corrected chi connectivity index (χ3v) is 6.58. The highest BCUT2D eigenvalue weighted by molar-refractivity contribution is 7.15. The number of nitrogen functional groups attached to an aromatic ring is 1. The summed E-state index contributed by atoms with van der Waals surface area (Å²) in [4.78, 5) is 32.3. The van der Waals surface area contributed by atoms with Gasteiger partial charge in [-0.25, -0.2) is 15.0 Å². The first-order chi connectivity index (χ1) is 16.4. The number of rotatable bonds is 5. The van der Waals surface area contributed by atoms with Gasteiger partial charge in [0.1, 0.15) is 11.6 Å². The van der Waals surface area contributed by atoms with Gasteiger partial charge in [-0.05, 0) is 38.1 Å². The lowest BCUT2D eigenvalue weighted by Crippen LogP contribution is -2.27. The van der Waals surface area contributed by atoms with Crippen molar-refractivity contribution in [2.75, 3.05) is 11.1 Å². The number of hydrogen-bond donors (Lipinski definition) is 2. The van der Waals surface area contributed by atoms with Crippen LogP contribution in [0.1, 0.15) is 23.8 Å². The topological polar surface area (TPSA) is 112 Å². The second-order valence-corrected chi connectivity index (χ2v) is 9.32. The SMILES string of the molecule is Cc1ncc(-c2cnc(N)nc2NC(C)c2nc3cccc(Cl)c3c(=O)n2-c2ccccc2)s1. The standard InChI is InChI=1S/C24H20ClN7OS/c1-13(29-21-16(11-28-24(26)31-21)19-12-27-14(2)34-19)22-30-18-10-6-9-17(25)20(18)23(33)32(22)15-7-4-3-5-8-15/h3-13H,1-2H3,(H3,26,28,29,31). The Morgan fingerprint density at radius 2 is 1.85 bits per heavy atom. The number of nitrogens with one attached hydrogen (secondary N) is 1. The Hall–Kier alpha value is -3.82. The molecular weight excluding hydrogens is 470 g/mol. The fraction of sp³-hybridized carbons (Fsp3) is 0.125. The maximum Gasteiger partial charge on any atom is 0.267 e. The van der Waals surface area contributed by atoms with E-state index in [1.807, 2.05) is 44.2 Å². The minimum atomic E-state index is -0.418. The maximum absolute atomic E-state index is 13.6. The van der Waals surface area contributed by atoms with Gasteiger partial charge in [0.2, 0.25) is 5.95 Å². The van der Waals surface area contributed by atoms with Crippen molar-refractivity contribution in [2.24, 2.45) is 0 Å². The lowest BCUT2D eigenvalue weighted by atomic mass is 10.2. The number of aromatic nitrogens is 5. The Morgan fingerprint density at radius 1 is 1.06 bits per heavy atom. The van der Waals surface area contributed by atoms with Crippen LogP contribution >= 0.6 is 22.9 Å². The molecule has 0 bridgehead atoms. The summed E-state index contributed by atoms with van der Waals surface area (Å²) in [7, 11) is 0. The first-order valence-electron chi connectivity index (χ1n) is 10.5. The second-order valence-electron chi connectivity index (χ2n) is 7.68. The molecule has 170 valence electrons. The van der Waals surface area contributed by atoms with Crippen molar-refractivity contribution in [3.8, 4) is 16.1 Å². The highest BCUT2D eigenvalue weighted by atomic mass is 35.5. The molecule has 5 rings (SSSR count). The summed E-state index contributed by atoms with van der Waals surface area (Å²) in [6.45, 7) is 3.85. The van der Waals surface area contributed by atoms with Crippen molar-refractivity contribution in [1.82, 2.24) is 24.5 Å². The molecule has 10 heteroatoms. The van der Waals surface area contributed by atoms with Crippen LogP contribution in [-0.4, -0.2) is 24.5 Å². The molecule has 0 spiro atoms. The molecule has 0 amide bonds. The summed E-state index contributed by atoms with van der Waals surface area (Å²) in [5, 5.41) is 5.04. The molecule has 0 saturated heterocycles. The first-order valence-corrected chi connectivity index (χ1v) is 11.7. The zero-order valence-electron chi connectivity index (χ0n) is 18.4. The molecule has 34 heavy (non-hydrogen) atoms. The van der Waals surface area contributed by atoms with Gasteiger partial charge in [0.15, 0.2) is 0 Å². The third-order valence-electron chi connectivity index (χ3n) is 5.32. The Kier molecular flexibility index (Phi) is 5.72. The third kappa shape index (κ3) is 4.00. The average molecular weight is 490 g/mol. The first kappa shape index (κ1) is 22.0. The summed E-state index contributed by atoms with van der Waals surface area (Å²) >= 11 is 7.92. The number of nitrogens with zero attached hydrogens (tertiary/aromatic N) is 5. The van der Waals surface area contributed by atoms with Crippen LogP contribution in [-0.2, 0) is 0 Å². The Balaban J connectivity index is 1.67. The molecule has 3 N–H and O–H groups in total. The van der Waals surface area contributed by atoms with Crippen molar-refractivity contribution in [3.63, 3.8) is 0 Å². The molecule has 0 aliphatic rings. The van der Waals surface area contributed by atoms with Crippen LogP contribution in [0.25, 0.3) is 27.0 Å². The van der Waals surface area contributed by atoms with Gasteiger partial charge < -0.3 is 11.1 Å². The van der Waals surface area contributed by atoms with Gasteiger partial charge in [-0.2, -0.15) is 4.98 Å². The quantitative estimate of drug-likeness (QED) is 0.356. The number of anilines is 2. The number of benzene rings is 2. The predicted octanol–water partition coefficient (Wildman–Crippen LogP) is 5.02. The van der Waals surface area contributed by atoms with E-state index in [-0.39, 0.29) is 11.5 Å². The normalized spacial score (nSPS) is 12.1. The molecule has 0 fully saturated rings. The Labute approximate surface area is 204 Å². The van der Waals surface area contributed by atoms with Gasteiger partial charge in [-0.3, -0.25) is 9.36 Å². The molecule has 3 heterocycles.